The quantitative estimate of drug-likeness (QED) is 0.872. The van der Waals surface area contributed by atoms with E-state index in [2.05, 4.69) is 58.7 Å². The maximum atomic E-state index is 5.58. The van der Waals surface area contributed by atoms with Crippen LogP contribution in [0.5, 0.6) is 0 Å². The molecule has 0 aliphatic carbocycles. The van der Waals surface area contributed by atoms with Gasteiger partial charge in [-0.3, -0.25) is 0 Å². The van der Waals surface area contributed by atoms with Crippen LogP contribution < -0.4 is 10.2 Å². The molecule has 3 heteroatoms. The number of thiocarbonyl (C=S) groups is 1. The first-order valence-electron chi connectivity index (χ1n) is 7.52. The topological polar surface area (TPSA) is 15.3 Å². The Hall–Kier alpha value is -1.87. The molecule has 0 bridgehead atoms. The van der Waals surface area contributed by atoms with Crippen LogP contribution in [-0.2, 0) is 12.8 Å². The van der Waals surface area contributed by atoms with Crippen LogP contribution in [0, 0.1) is 0 Å². The van der Waals surface area contributed by atoms with Crippen molar-refractivity contribution in [2.45, 2.75) is 19.3 Å². The predicted octanol–water partition coefficient (Wildman–Crippen LogP) is 3.56. The van der Waals surface area contributed by atoms with Crippen LogP contribution in [0.1, 0.15) is 17.5 Å². The third-order valence-corrected chi connectivity index (χ3v) is 4.25. The van der Waals surface area contributed by atoms with Gasteiger partial charge in [-0.15, -0.1) is 0 Å². The Morgan fingerprint density at radius 3 is 2.67 bits per heavy atom. The average Bonchev–Trinajstić information content (AvgIpc) is 2.55. The predicted molar refractivity (Wildman–Crippen MR) is 92.9 cm³/mol. The summed E-state index contributed by atoms with van der Waals surface area (Å²) in [6.07, 6.45) is 3.31. The zero-order valence-electron chi connectivity index (χ0n) is 12.1. The maximum absolute atomic E-state index is 5.58. The number of hydrogen-bond acceptors (Lipinski definition) is 1. The molecule has 0 atom stereocenters. The first-order valence-corrected chi connectivity index (χ1v) is 7.92. The molecule has 0 saturated carbocycles. The second kappa shape index (κ2) is 6.72. The van der Waals surface area contributed by atoms with Crippen LogP contribution in [0.4, 0.5) is 5.69 Å². The van der Waals surface area contributed by atoms with Crippen molar-refractivity contribution in [3.8, 4) is 0 Å². The molecule has 1 aliphatic heterocycles. The van der Waals surface area contributed by atoms with Gasteiger partial charge in [0.15, 0.2) is 5.11 Å². The average molecular weight is 296 g/mol. The summed E-state index contributed by atoms with van der Waals surface area (Å²) in [7, 11) is 0. The van der Waals surface area contributed by atoms with Crippen molar-refractivity contribution in [3.05, 3.63) is 65.7 Å². The summed E-state index contributed by atoms with van der Waals surface area (Å²) >= 11 is 5.58. The smallest absolute Gasteiger partial charge is 0.173 e. The number of nitrogens with one attached hydrogen (secondary N) is 1. The molecule has 21 heavy (non-hydrogen) atoms. The number of nitrogens with zero attached hydrogens (tertiary/aromatic N) is 1. The summed E-state index contributed by atoms with van der Waals surface area (Å²) in [6, 6.07) is 19.1. The normalized spacial score (nSPS) is 13.6. The fourth-order valence-electron chi connectivity index (χ4n) is 2.80. The van der Waals surface area contributed by atoms with Crippen molar-refractivity contribution in [1.82, 2.24) is 5.32 Å². The Bertz CT molecular complexity index is 610. The molecule has 2 nitrogen and oxygen atoms in total. The van der Waals surface area contributed by atoms with Gasteiger partial charge in [-0.05, 0) is 48.7 Å². The van der Waals surface area contributed by atoms with Gasteiger partial charge in [0.25, 0.3) is 0 Å². The molecule has 108 valence electrons. The van der Waals surface area contributed by atoms with Crippen molar-refractivity contribution < 1.29 is 0 Å². The second-order valence-corrected chi connectivity index (χ2v) is 5.74. The standard InChI is InChI=1S/C18H20N2S/c21-18(19-13-12-15-7-2-1-3-8-15)20-14-6-10-16-9-4-5-11-17(16)20/h1-5,7-9,11H,6,10,12-14H2,(H,19,21). The minimum Gasteiger partial charge on any atom is -0.362 e. The van der Waals surface area contributed by atoms with Crippen LogP contribution in [-0.4, -0.2) is 18.2 Å². The molecule has 0 saturated heterocycles. The molecule has 1 aliphatic rings. The third-order valence-electron chi connectivity index (χ3n) is 3.89. The molecule has 0 amide bonds. The summed E-state index contributed by atoms with van der Waals surface area (Å²) < 4.78 is 0. The lowest BCUT2D eigenvalue weighted by atomic mass is 10.0. The van der Waals surface area contributed by atoms with Crippen molar-refractivity contribution >= 4 is 23.0 Å². The lowest BCUT2D eigenvalue weighted by Crippen LogP contribution is -2.43. The fraction of sp³-hybridized carbons (Fsp3) is 0.278. The summed E-state index contributed by atoms with van der Waals surface area (Å²) in [5, 5.41) is 4.24. The minimum absolute atomic E-state index is 0.845. The zero-order chi connectivity index (χ0) is 14.5. The summed E-state index contributed by atoms with van der Waals surface area (Å²) in [5.74, 6) is 0. The molecular weight excluding hydrogens is 276 g/mol. The van der Waals surface area contributed by atoms with E-state index in [-0.39, 0.29) is 0 Å². The van der Waals surface area contributed by atoms with Gasteiger partial charge < -0.3 is 10.2 Å². The van der Waals surface area contributed by atoms with Gasteiger partial charge in [0.1, 0.15) is 0 Å². The van der Waals surface area contributed by atoms with E-state index in [1.165, 1.54) is 16.8 Å². The van der Waals surface area contributed by atoms with E-state index in [1.807, 2.05) is 6.07 Å². The van der Waals surface area contributed by atoms with Gasteiger partial charge in [0, 0.05) is 18.8 Å². The fourth-order valence-corrected chi connectivity index (χ4v) is 3.09. The van der Waals surface area contributed by atoms with Gasteiger partial charge in [0.2, 0.25) is 0 Å². The monoisotopic (exact) mass is 296 g/mol. The van der Waals surface area contributed by atoms with Gasteiger partial charge in [-0.2, -0.15) is 0 Å². The SMILES string of the molecule is S=C(NCCc1ccccc1)N1CCCc2ccccc21. The lowest BCUT2D eigenvalue weighted by Gasteiger charge is -2.31. The number of para-hydroxylation sites is 1. The van der Waals surface area contributed by atoms with Gasteiger partial charge >= 0.3 is 0 Å². The Kier molecular flexibility index (Phi) is 4.51. The van der Waals surface area contributed by atoms with Crippen LogP contribution in [0.15, 0.2) is 54.6 Å². The summed E-state index contributed by atoms with van der Waals surface area (Å²) in [6.45, 7) is 1.88. The number of benzene rings is 2. The molecule has 0 fully saturated rings. The van der Waals surface area contributed by atoms with Gasteiger partial charge in [-0.25, -0.2) is 0 Å². The molecule has 2 aromatic carbocycles. The van der Waals surface area contributed by atoms with Crippen LogP contribution >= 0.6 is 12.2 Å². The molecule has 0 unspecified atom stereocenters. The van der Waals surface area contributed by atoms with E-state index in [9.17, 15) is 0 Å². The van der Waals surface area contributed by atoms with E-state index >= 15 is 0 Å². The molecule has 1 N–H and O–H groups in total. The van der Waals surface area contributed by atoms with Crippen LogP contribution in [0.2, 0.25) is 0 Å². The van der Waals surface area contributed by atoms with Gasteiger partial charge in [-0.1, -0.05) is 48.5 Å². The van der Waals surface area contributed by atoms with Gasteiger partial charge in [0.05, 0.1) is 0 Å². The molecule has 3 rings (SSSR count). The Balaban J connectivity index is 1.59. The first kappa shape index (κ1) is 14.1. The van der Waals surface area contributed by atoms with E-state index in [0.717, 1.165) is 37.5 Å². The van der Waals surface area contributed by atoms with Crippen molar-refractivity contribution in [2.24, 2.45) is 0 Å². The molecule has 1 heterocycles. The zero-order valence-corrected chi connectivity index (χ0v) is 12.9. The van der Waals surface area contributed by atoms with Crippen LogP contribution in [0.25, 0.3) is 0 Å². The van der Waals surface area contributed by atoms with Crippen molar-refractivity contribution in [2.75, 3.05) is 18.0 Å². The van der Waals surface area contributed by atoms with E-state index in [4.69, 9.17) is 12.2 Å². The highest BCUT2D eigenvalue weighted by Crippen LogP contribution is 2.26. The number of anilines is 1. The van der Waals surface area contributed by atoms with E-state index in [0.29, 0.717) is 0 Å². The third kappa shape index (κ3) is 3.42. The number of rotatable bonds is 3. The van der Waals surface area contributed by atoms with Crippen molar-refractivity contribution in [3.63, 3.8) is 0 Å². The minimum atomic E-state index is 0.845. The van der Waals surface area contributed by atoms with E-state index in [1.54, 1.807) is 0 Å². The largest absolute Gasteiger partial charge is 0.362 e. The molecule has 0 aromatic heterocycles. The molecule has 2 aromatic rings. The number of hydrogen-bond donors (Lipinski definition) is 1. The Morgan fingerprint density at radius 1 is 1.05 bits per heavy atom. The Morgan fingerprint density at radius 2 is 1.81 bits per heavy atom. The highest BCUT2D eigenvalue weighted by Gasteiger charge is 2.19. The number of fused-ring (bicyclic) bond motifs is 1. The maximum Gasteiger partial charge on any atom is 0.173 e. The summed E-state index contributed by atoms with van der Waals surface area (Å²) in [4.78, 5) is 2.24. The van der Waals surface area contributed by atoms with E-state index < -0.39 is 0 Å². The van der Waals surface area contributed by atoms with Crippen molar-refractivity contribution in [1.29, 1.82) is 0 Å². The second-order valence-electron chi connectivity index (χ2n) is 5.35. The Labute approximate surface area is 131 Å². The molecule has 0 spiro atoms. The molecule has 0 radical (unpaired) electrons. The number of aryl methyl sites for hydroxylation is 1. The first-order chi connectivity index (χ1) is 10.3. The highest BCUT2D eigenvalue weighted by molar-refractivity contribution is 7.80. The van der Waals surface area contributed by atoms with Crippen LogP contribution in [0.3, 0.4) is 0 Å². The highest BCUT2D eigenvalue weighted by atomic mass is 32.1. The molecular formula is C18H20N2S. The lowest BCUT2D eigenvalue weighted by molar-refractivity contribution is 0.760. The summed E-state index contributed by atoms with van der Waals surface area (Å²) in [5.41, 5.74) is 4.00.